The Bertz CT molecular complexity index is 1320. The number of fused-ring (bicyclic) bond motifs is 1. The van der Waals surface area contributed by atoms with Crippen LogP contribution in [-0.4, -0.2) is 32.7 Å². The van der Waals surface area contributed by atoms with Gasteiger partial charge in [0.1, 0.15) is 11.5 Å². The molecule has 0 aliphatic carbocycles. The fourth-order valence-corrected chi connectivity index (χ4v) is 3.68. The van der Waals surface area contributed by atoms with Crippen molar-refractivity contribution in [1.29, 1.82) is 0 Å². The van der Waals surface area contributed by atoms with E-state index >= 15 is 0 Å². The van der Waals surface area contributed by atoms with Crippen LogP contribution in [0.5, 0.6) is 5.75 Å². The molecule has 2 aromatic heterocycles. The molecule has 9 heteroatoms. The summed E-state index contributed by atoms with van der Waals surface area (Å²) in [7, 11) is 1.28. The van der Waals surface area contributed by atoms with Gasteiger partial charge in [-0.3, -0.25) is 0 Å². The van der Waals surface area contributed by atoms with Crippen molar-refractivity contribution in [3.63, 3.8) is 0 Å². The third-order valence-corrected chi connectivity index (χ3v) is 5.17. The fourth-order valence-electron chi connectivity index (χ4n) is 3.45. The zero-order valence-electron chi connectivity index (χ0n) is 16.5. The number of ether oxygens (including phenoxy) is 1. The molecule has 0 bridgehead atoms. The molecule has 0 unspecified atom stereocenters. The number of hydrogen-bond donors (Lipinski definition) is 1. The van der Waals surface area contributed by atoms with E-state index in [0.29, 0.717) is 23.1 Å². The first-order valence-corrected chi connectivity index (χ1v) is 9.55. The second-order valence-electron chi connectivity index (χ2n) is 6.91. The first-order chi connectivity index (χ1) is 14.8. The number of aromatic nitrogens is 3. The summed E-state index contributed by atoms with van der Waals surface area (Å²) in [6.07, 6.45) is 1.73. The highest BCUT2D eigenvalue weighted by molar-refractivity contribution is 6.32. The van der Waals surface area contributed by atoms with E-state index in [1.165, 1.54) is 31.4 Å². The molecule has 0 aliphatic heterocycles. The van der Waals surface area contributed by atoms with Crippen molar-refractivity contribution >= 4 is 28.6 Å². The first kappa shape index (κ1) is 20.7. The lowest BCUT2D eigenvalue weighted by molar-refractivity contribution is 0.0692. The molecule has 0 amide bonds. The van der Waals surface area contributed by atoms with Gasteiger partial charge >= 0.3 is 5.97 Å². The van der Waals surface area contributed by atoms with Gasteiger partial charge in [-0.1, -0.05) is 23.7 Å². The standard InChI is InChI=1S/C22H16ClF2N3O3/c1-11-9-28(10-12-3-5-13(24)6-4-12)21-16(11)18(22(29)30)26-20(27-21)14-7-8-15(23)19(31-2)17(14)25/h3-9H,10H2,1-2H3,(H,29,30). The van der Waals surface area contributed by atoms with Crippen LogP contribution in [0.2, 0.25) is 5.02 Å². The van der Waals surface area contributed by atoms with Crippen LogP contribution in [0.15, 0.2) is 42.6 Å². The molecule has 0 fully saturated rings. The second kappa shape index (κ2) is 7.96. The number of aromatic carboxylic acids is 1. The van der Waals surface area contributed by atoms with Crippen molar-refractivity contribution in [2.45, 2.75) is 13.5 Å². The highest BCUT2D eigenvalue weighted by Gasteiger charge is 2.23. The first-order valence-electron chi connectivity index (χ1n) is 9.17. The molecule has 1 N–H and O–H groups in total. The number of halogens is 3. The molecular formula is C22H16ClF2N3O3. The minimum absolute atomic E-state index is 0.0437. The number of methoxy groups -OCH3 is 1. The largest absolute Gasteiger partial charge is 0.492 e. The topological polar surface area (TPSA) is 77.2 Å². The Morgan fingerprint density at radius 2 is 1.87 bits per heavy atom. The maximum atomic E-state index is 15.0. The lowest BCUT2D eigenvalue weighted by atomic mass is 10.1. The Balaban J connectivity index is 1.94. The molecule has 2 heterocycles. The summed E-state index contributed by atoms with van der Waals surface area (Å²) in [6.45, 7) is 2.05. The van der Waals surface area contributed by atoms with Gasteiger partial charge in [-0.15, -0.1) is 0 Å². The summed E-state index contributed by atoms with van der Waals surface area (Å²) < 4.78 is 34.9. The van der Waals surface area contributed by atoms with Crippen molar-refractivity contribution in [2.75, 3.05) is 7.11 Å². The summed E-state index contributed by atoms with van der Waals surface area (Å²) in [5.41, 5.74) is 1.46. The van der Waals surface area contributed by atoms with Crippen LogP contribution in [0, 0.1) is 18.6 Å². The molecule has 0 saturated carbocycles. The number of carboxylic acid groups (broad SMARTS) is 1. The van der Waals surface area contributed by atoms with E-state index in [9.17, 15) is 18.7 Å². The van der Waals surface area contributed by atoms with E-state index in [-0.39, 0.29) is 33.7 Å². The number of hydrogen-bond acceptors (Lipinski definition) is 4. The van der Waals surface area contributed by atoms with E-state index < -0.39 is 11.8 Å². The molecule has 2 aromatic carbocycles. The summed E-state index contributed by atoms with van der Waals surface area (Å²) in [4.78, 5) is 20.5. The van der Waals surface area contributed by atoms with Crippen molar-refractivity contribution in [1.82, 2.24) is 14.5 Å². The molecule has 0 radical (unpaired) electrons. The lowest BCUT2D eigenvalue weighted by Gasteiger charge is -2.11. The summed E-state index contributed by atoms with van der Waals surface area (Å²) in [5.74, 6) is -2.72. The molecule has 4 aromatic rings. The van der Waals surface area contributed by atoms with Crippen LogP contribution in [0.1, 0.15) is 21.6 Å². The normalized spacial score (nSPS) is 11.1. The van der Waals surface area contributed by atoms with Gasteiger partial charge in [-0.05, 0) is 42.3 Å². The van der Waals surface area contributed by atoms with E-state index in [2.05, 4.69) is 9.97 Å². The van der Waals surface area contributed by atoms with Gasteiger partial charge in [-0.25, -0.2) is 23.5 Å². The van der Waals surface area contributed by atoms with Crippen LogP contribution in [0.25, 0.3) is 22.4 Å². The molecular weight excluding hydrogens is 428 g/mol. The number of nitrogens with zero attached hydrogens (tertiary/aromatic N) is 3. The van der Waals surface area contributed by atoms with Crippen LogP contribution in [0.4, 0.5) is 8.78 Å². The Kier molecular flexibility index (Phi) is 5.32. The predicted octanol–water partition coefficient (Wildman–Crippen LogP) is 5.09. The Hall–Kier alpha value is -3.52. The average molecular weight is 444 g/mol. The van der Waals surface area contributed by atoms with E-state index in [0.717, 1.165) is 5.56 Å². The highest BCUT2D eigenvalue weighted by Crippen LogP contribution is 2.35. The second-order valence-corrected chi connectivity index (χ2v) is 7.32. The van der Waals surface area contributed by atoms with E-state index in [1.54, 1.807) is 29.8 Å². The summed E-state index contributed by atoms with van der Waals surface area (Å²) in [5, 5.41) is 10.2. The molecule has 0 spiro atoms. The van der Waals surface area contributed by atoms with E-state index in [4.69, 9.17) is 16.3 Å². The lowest BCUT2D eigenvalue weighted by Crippen LogP contribution is -2.08. The number of aryl methyl sites for hydroxylation is 1. The van der Waals surface area contributed by atoms with Crippen LogP contribution in [0.3, 0.4) is 0 Å². The molecule has 31 heavy (non-hydrogen) atoms. The molecule has 0 aliphatic rings. The average Bonchev–Trinajstić information content (AvgIpc) is 3.04. The maximum Gasteiger partial charge on any atom is 0.355 e. The molecule has 4 rings (SSSR count). The molecule has 158 valence electrons. The van der Waals surface area contributed by atoms with E-state index in [1.807, 2.05) is 0 Å². The van der Waals surface area contributed by atoms with Gasteiger partial charge in [0, 0.05) is 12.7 Å². The van der Waals surface area contributed by atoms with Crippen LogP contribution < -0.4 is 4.74 Å². The van der Waals surface area contributed by atoms with Crippen LogP contribution >= 0.6 is 11.6 Å². The SMILES string of the molecule is COc1c(Cl)ccc(-c2nc(C(=O)O)c3c(C)cn(Cc4ccc(F)cc4)c3n2)c1F. The predicted molar refractivity (Wildman–Crippen MR) is 112 cm³/mol. The minimum atomic E-state index is -1.27. The maximum absolute atomic E-state index is 15.0. The Labute approximate surface area is 180 Å². The molecule has 6 nitrogen and oxygen atoms in total. The number of benzene rings is 2. The number of carbonyl (C=O) groups is 1. The molecule has 0 saturated heterocycles. The van der Waals surface area contributed by atoms with Crippen molar-refractivity contribution in [3.05, 3.63) is 76.1 Å². The van der Waals surface area contributed by atoms with Gasteiger partial charge in [0.2, 0.25) is 0 Å². The minimum Gasteiger partial charge on any atom is -0.492 e. The van der Waals surface area contributed by atoms with Crippen molar-refractivity contribution < 1.29 is 23.4 Å². The van der Waals surface area contributed by atoms with Crippen molar-refractivity contribution in [3.8, 4) is 17.1 Å². The van der Waals surface area contributed by atoms with Crippen molar-refractivity contribution in [2.24, 2.45) is 0 Å². The zero-order chi connectivity index (χ0) is 22.3. The fraction of sp³-hybridized carbons (Fsp3) is 0.136. The molecule has 0 atom stereocenters. The monoisotopic (exact) mass is 443 g/mol. The summed E-state index contributed by atoms with van der Waals surface area (Å²) in [6, 6.07) is 8.72. The smallest absolute Gasteiger partial charge is 0.355 e. The van der Waals surface area contributed by atoms with Gasteiger partial charge < -0.3 is 14.4 Å². The van der Waals surface area contributed by atoms with Gasteiger partial charge in [0.25, 0.3) is 0 Å². The number of carboxylic acids is 1. The quantitative estimate of drug-likeness (QED) is 0.464. The van der Waals surface area contributed by atoms with Gasteiger partial charge in [0.15, 0.2) is 23.1 Å². The summed E-state index contributed by atoms with van der Waals surface area (Å²) >= 11 is 5.97. The number of rotatable bonds is 5. The Morgan fingerprint density at radius 3 is 2.52 bits per heavy atom. The Morgan fingerprint density at radius 1 is 1.16 bits per heavy atom. The highest BCUT2D eigenvalue weighted by atomic mass is 35.5. The van der Waals surface area contributed by atoms with Gasteiger partial charge in [-0.2, -0.15) is 0 Å². The van der Waals surface area contributed by atoms with Gasteiger partial charge in [0.05, 0.1) is 23.1 Å². The zero-order valence-corrected chi connectivity index (χ0v) is 17.2. The third kappa shape index (κ3) is 3.70. The van der Waals surface area contributed by atoms with Crippen LogP contribution in [-0.2, 0) is 6.54 Å². The third-order valence-electron chi connectivity index (χ3n) is 4.87.